The Morgan fingerprint density at radius 3 is 2.63 bits per heavy atom. The summed E-state index contributed by atoms with van der Waals surface area (Å²) in [6.45, 7) is -1.77. The van der Waals surface area contributed by atoms with Crippen molar-refractivity contribution in [1.82, 2.24) is 0 Å². The third kappa shape index (κ3) is 6.05. The van der Waals surface area contributed by atoms with E-state index in [0.29, 0.717) is 0 Å². The number of nitrogens with one attached hydrogen (secondary N) is 1. The van der Waals surface area contributed by atoms with Crippen LogP contribution in [0.4, 0.5) is 28.9 Å². The maximum atomic E-state index is 12.7. The number of hydrogen-bond donors (Lipinski definition) is 2. The van der Waals surface area contributed by atoms with Gasteiger partial charge in [-0.05, 0) is 18.2 Å². The van der Waals surface area contributed by atoms with E-state index in [0.717, 1.165) is 12.1 Å². The number of anilines is 2. The number of ether oxygens (including phenoxy) is 1. The number of halogens is 4. The van der Waals surface area contributed by atoms with Gasteiger partial charge in [0.2, 0.25) is 5.91 Å². The molecule has 0 unspecified atom stereocenters. The zero-order valence-electron chi connectivity index (χ0n) is 9.76. The number of nitrogen functional groups attached to an aromatic ring is 1. The normalized spacial score (nSPS) is 11.4. The molecule has 106 valence electrons. The monoisotopic (exact) mass is 280 g/mol. The molecule has 0 aromatic heterocycles. The van der Waals surface area contributed by atoms with Gasteiger partial charge in [-0.25, -0.2) is 4.39 Å². The Morgan fingerprint density at radius 1 is 1.37 bits per heavy atom. The van der Waals surface area contributed by atoms with E-state index in [1.165, 1.54) is 6.07 Å². The summed E-state index contributed by atoms with van der Waals surface area (Å²) in [5, 5.41) is 2.34. The second kappa shape index (κ2) is 6.37. The van der Waals surface area contributed by atoms with E-state index in [1.54, 1.807) is 0 Å². The lowest BCUT2D eigenvalue weighted by molar-refractivity contribution is -0.174. The average Bonchev–Trinajstić information content (AvgIpc) is 2.27. The quantitative estimate of drug-likeness (QED) is 0.494. The molecule has 0 heterocycles. The Hall–Kier alpha value is -1.83. The van der Waals surface area contributed by atoms with Crippen molar-refractivity contribution in [2.24, 2.45) is 0 Å². The van der Waals surface area contributed by atoms with Crippen LogP contribution in [0, 0.1) is 5.82 Å². The van der Waals surface area contributed by atoms with Gasteiger partial charge in [0.05, 0.1) is 24.4 Å². The fraction of sp³-hybridized carbons (Fsp3) is 0.364. The number of rotatable bonds is 5. The fourth-order valence-corrected chi connectivity index (χ4v) is 1.21. The maximum Gasteiger partial charge on any atom is 0.411 e. The number of alkyl halides is 3. The predicted molar refractivity (Wildman–Crippen MR) is 60.9 cm³/mol. The molecule has 0 bridgehead atoms. The first-order valence-corrected chi connectivity index (χ1v) is 5.27. The molecular weight excluding hydrogens is 268 g/mol. The highest BCUT2D eigenvalue weighted by Gasteiger charge is 2.27. The molecule has 0 aliphatic heterocycles. The fourth-order valence-electron chi connectivity index (χ4n) is 1.21. The highest BCUT2D eigenvalue weighted by molar-refractivity contribution is 5.93. The van der Waals surface area contributed by atoms with Crippen LogP contribution < -0.4 is 11.1 Å². The third-order valence-electron chi connectivity index (χ3n) is 2.03. The SMILES string of the molecule is Nc1cc(F)ccc1NC(=O)CCOCC(F)(F)F. The zero-order valence-corrected chi connectivity index (χ0v) is 9.76. The van der Waals surface area contributed by atoms with Gasteiger partial charge in [0.15, 0.2) is 0 Å². The smallest absolute Gasteiger partial charge is 0.397 e. The second-order valence-electron chi connectivity index (χ2n) is 3.70. The molecule has 0 fully saturated rings. The molecular formula is C11H12F4N2O2. The molecule has 1 rings (SSSR count). The number of amides is 1. The van der Waals surface area contributed by atoms with Crippen molar-refractivity contribution < 1.29 is 27.1 Å². The largest absolute Gasteiger partial charge is 0.411 e. The van der Waals surface area contributed by atoms with Gasteiger partial charge in [-0.2, -0.15) is 13.2 Å². The van der Waals surface area contributed by atoms with E-state index in [1.807, 2.05) is 0 Å². The van der Waals surface area contributed by atoms with Crippen LogP contribution in [0.15, 0.2) is 18.2 Å². The molecule has 19 heavy (non-hydrogen) atoms. The van der Waals surface area contributed by atoms with Crippen molar-refractivity contribution >= 4 is 17.3 Å². The summed E-state index contributed by atoms with van der Waals surface area (Å²) in [6, 6.07) is 3.39. The molecule has 1 aromatic rings. The average molecular weight is 280 g/mol. The van der Waals surface area contributed by atoms with Gasteiger partial charge in [0.25, 0.3) is 0 Å². The van der Waals surface area contributed by atoms with Crippen LogP contribution in [0.3, 0.4) is 0 Å². The molecule has 1 amide bonds. The molecule has 0 saturated heterocycles. The predicted octanol–water partition coefficient (Wildman–Crippen LogP) is 2.32. The van der Waals surface area contributed by atoms with Crippen molar-refractivity contribution in [3.8, 4) is 0 Å². The first kappa shape index (κ1) is 15.2. The van der Waals surface area contributed by atoms with Crippen molar-refractivity contribution in [3.05, 3.63) is 24.0 Å². The molecule has 0 saturated carbocycles. The van der Waals surface area contributed by atoms with Gasteiger partial charge in [-0.3, -0.25) is 4.79 Å². The van der Waals surface area contributed by atoms with E-state index in [-0.39, 0.29) is 24.4 Å². The van der Waals surface area contributed by atoms with E-state index >= 15 is 0 Å². The van der Waals surface area contributed by atoms with Gasteiger partial charge in [0, 0.05) is 0 Å². The standard InChI is InChI=1S/C11H12F4N2O2/c12-7-1-2-9(8(16)5-7)17-10(18)3-4-19-6-11(13,14)15/h1-2,5H,3-4,6,16H2,(H,17,18). The lowest BCUT2D eigenvalue weighted by Gasteiger charge is -2.09. The lowest BCUT2D eigenvalue weighted by Crippen LogP contribution is -2.20. The summed E-state index contributed by atoms with van der Waals surface area (Å²) in [7, 11) is 0. The van der Waals surface area contributed by atoms with Gasteiger partial charge >= 0.3 is 6.18 Å². The highest BCUT2D eigenvalue weighted by atomic mass is 19.4. The zero-order chi connectivity index (χ0) is 14.5. The minimum absolute atomic E-state index is 0.0320. The van der Waals surface area contributed by atoms with Gasteiger partial charge in [-0.1, -0.05) is 0 Å². The summed E-state index contributed by atoms with van der Waals surface area (Å²) >= 11 is 0. The second-order valence-corrected chi connectivity index (χ2v) is 3.70. The van der Waals surface area contributed by atoms with Crippen molar-refractivity contribution in [1.29, 1.82) is 0 Å². The molecule has 0 atom stereocenters. The van der Waals surface area contributed by atoms with Crippen LogP contribution in [-0.2, 0) is 9.53 Å². The summed E-state index contributed by atoms with van der Waals surface area (Å²) in [6.07, 6.45) is -4.68. The topological polar surface area (TPSA) is 64.3 Å². The van der Waals surface area contributed by atoms with E-state index < -0.39 is 24.5 Å². The van der Waals surface area contributed by atoms with Crippen LogP contribution in [-0.4, -0.2) is 25.3 Å². The number of benzene rings is 1. The summed E-state index contributed by atoms with van der Waals surface area (Å²) < 4.78 is 52.2. The summed E-state index contributed by atoms with van der Waals surface area (Å²) in [4.78, 5) is 11.4. The first-order chi connectivity index (χ1) is 8.78. The Morgan fingerprint density at radius 2 is 2.05 bits per heavy atom. The van der Waals surface area contributed by atoms with Crippen LogP contribution in [0.1, 0.15) is 6.42 Å². The molecule has 0 radical (unpaired) electrons. The Balaban J connectivity index is 2.35. The van der Waals surface area contributed by atoms with Gasteiger partial charge < -0.3 is 15.8 Å². The first-order valence-electron chi connectivity index (χ1n) is 5.27. The van der Waals surface area contributed by atoms with Crippen molar-refractivity contribution in [2.45, 2.75) is 12.6 Å². The molecule has 8 heteroatoms. The number of hydrogen-bond acceptors (Lipinski definition) is 3. The lowest BCUT2D eigenvalue weighted by atomic mass is 10.2. The molecule has 0 spiro atoms. The van der Waals surface area contributed by atoms with Crippen LogP contribution >= 0.6 is 0 Å². The van der Waals surface area contributed by atoms with Crippen LogP contribution in [0.2, 0.25) is 0 Å². The maximum absolute atomic E-state index is 12.7. The number of nitrogens with two attached hydrogens (primary N) is 1. The highest BCUT2D eigenvalue weighted by Crippen LogP contribution is 2.19. The Bertz CT molecular complexity index is 449. The van der Waals surface area contributed by atoms with Crippen molar-refractivity contribution in [3.63, 3.8) is 0 Å². The third-order valence-corrected chi connectivity index (χ3v) is 2.03. The summed E-state index contributed by atoms with van der Waals surface area (Å²) in [5.74, 6) is -1.12. The minimum atomic E-state index is -4.42. The molecule has 0 aliphatic rings. The van der Waals surface area contributed by atoms with Gasteiger partial charge in [-0.15, -0.1) is 0 Å². The number of carbonyl (C=O) groups is 1. The van der Waals surface area contributed by atoms with Gasteiger partial charge in [0.1, 0.15) is 12.4 Å². The van der Waals surface area contributed by atoms with Crippen molar-refractivity contribution in [2.75, 3.05) is 24.3 Å². The number of carbonyl (C=O) groups excluding carboxylic acids is 1. The molecule has 1 aromatic carbocycles. The van der Waals surface area contributed by atoms with E-state index in [9.17, 15) is 22.4 Å². The molecule has 3 N–H and O–H groups in total. The Kier molecular flexibility index (Phi) is 5.11. The van der Waals surface area contributed by atoms with Crippen LogP contribution in [0.25, 0.3) is 0 Å². The van der Waals surface area contributed by atoms with E-state index in [2.05, 4.69) is 10.1 Å². The molecule has 0 aliphatic carbocycles. The van der Waals surface area contributed by atoms with E-state index in [4.69, 9.17) is 5.73 Å². The van der Waals surface area contributed by atoms with Crippen LogP contribution in [0.5, 0.6) is 0 Å². The summed E-state index contributed by atoms with van der Waals surface area (Å²) in [5.41, 5.74) is 5.68. The minimum Gasteiger partial charge on any atom is -0.397 e. The molecule has 4 nitrogen and oxygen atoms in total. The Labute approximate surface area is 106 Å².